The lowest BCUT2D eigenvalue weighted by atomic mass is 10.2. The topological polar surface area (TPSA) is 67.6 Å². The van der Waals surface area contributed by atoms with Gasteiger partial charge in [0, 0.05) is 31.9 Å². The fourth-order valence-electron chi connectivity index (χ4n) is 1.60. The zero-order chi connectivity index (χ0) is 11.5. The van der Waals surface area contributed by atoms with E-state index >= 15 is 0 Å². The van der Waals surface area contributed by atoms with Crippen LogP contribution in [-0.2, 0) is 4.79 Å². The summed E-state index contributed by atoms with van der Waals surface area (Å²) in [5.74, 6) is 0.694. The number of likely N-dealkylation sites (N-methyl/N-ethyl adjacent to an activating group) is 1. The molecule has 0 bridgehead atoms. The molecule has 0 saturated carbocycles. The number of nitrogens with one attached hydrogen (secondary N) is 1. The van der Waals surface area contributed by atoms with Crippen LogP contribution in [0.2, 0.25) is 0 Å². The largest absolute Gasteiger partial charge is 0.481 e. The third-order valence-corrected chi connectivity index (χ3v) is 2.52. The first-order valence-corrected chi connectivity index (χ1v) is 5.19. The van der Waals surface area contributed by atoms with Crippen LogP contribution in [0.25, 0.3) is 0 Å². The van der Waals surface area contributed by atoms with Gasteiger partial charge in [0.05, 0.1) is 5.69 Å². The summed E-state index contributed by atoms with van der Waals surface area (Å²) in [6.07, 6.45) is 0. The van der Waals surface area contributed by atoms with Crippen molar-refractivity contribution in [3.05, 3.63) is 18.2 Å². The number of carbonyl (C=O) groups excluding carboxylic acids is 1. The highest BCUT2D eigenvalue weighted by Crippen LogP contribution is 2.33. The number of carbonyl (C=O) groups is 1. The molecule has 0 radical (unpaired) electrons. The fraction of sp³-hybridized carbons (Fsp3) is 0.364. The third-order valence-electron chi connectivity index (χ3n) is 2.52. The lowest BCUT2D eigenvalue weighted by Crippen LogP contribution is -2.35. The van der Waals surface area contributed by atoms with Crippen molar-refractivity contribution >= 4 is 17.3 Å². The molecule has 0 unspecified atom stereocenters. The molecular formula is C11H15N3O2. The van der Waals surface area contributed by atoms with Crippen LogP contribution in [0.1, 0.15) is 0 Å². The van der Waals surface area contributed by atoms with Crippen LogP contribution >= 0.6 is 0 Å². The summed E-state index contributed by atoms with van der Waals surface area (Å²) in [7, 11) is 1.75. The van der Waals surface area contributed by atoms with Crippen molar-refractivity contribution in [1.29, 1.82) is 0 Å². The maximum atomic E-state index is 11.4. The molecule has 0 aromatic heterocycles. The molecule has 1 heterocycles. The molecular weight excluding hydrogens is 206 g/mol. The van der Waals surface area contributed by atoms with Gasteiger partial charge in [-0.3, -0.25) is 4.79 Å². The Hall–Kier alpha value is -1.75. The highest BCUT2D eigenvalue weighted by atomic mass is 16.5. The number of hydrogen-bond donors (Lipinski definition) is 2. The molecule has 1 aromatic carbocycles. The Balaban J connectivity index is 2.23. The number of anilines is 2. The first-order chi connectivity index (χ1) is 7.72. The van der Waals surface area contributed by atoms with E-state index in [4.69, 9.17) is 10.5 Å². The average molecular weight is 221 g/mol. The fourth-order valence-corrected chi connectivity index (χ4v) is 1.60. The summed E-state index contributed by atoms with van der Waals surface area (Å²) < 4.78 is 5.36. The van der Waals surface area contributed by atoms with Crippen molar-refractivity contribution in [1.82, 2.24) is 0 Å². The van der Waals surface area contributed by atoms with Gasteiger partial charge in [0.15, 0.2) is 6.61 Å². The molecule has 16 heavy (non-hydrogen) atoms. The van der Waals surface area contributed by atoms with Crippen molar-refractivity contribution < 1.29 is 9.53 Å². The molecule has 3 N–H and O–H groups in total. The predicted molar refractivity (Wildman–Crippen MR) is 62.9 cm³/mol. The van der Waals surface area contributed by atoms with Gasteiger partial charge in [-0.25, -0.2) is 0 Å². The van der Waals surface area contributed by atoms with Gasteiger partial charge in [0.25, 0.3) is 5.91 Å². The maximum Gasteiger partial charge on any atom is 0.264 e. The summed E-state index contributed by atoms with van der Waals surface area (Å²) in [6.45, 7) is 1.40. The van der Waals surface area contributed by atoms with Crippen LogP contribution in [0.4, 0.5) is 11.4 Å². The molecule has 5 heteroatoms. The SMILES string of the molecule is CN1C(=O)COc2cc(NCCN)ccc21. The van der Waals surface area contributed by atoms with Crippen LogP contribution in [0.15, 0.2) is 18.2 Å². The Morgan fingerprint density at radius 1 is 1.56 bits per heavy atom. The minimum atomic E-state index is -0.0323. The van der Waals surface area contributed by atoms with Gasteiger partial charge in [-0.05, 0) is 12.1 Å². The minimum absolute atomic E-state index is 0.0323. The Kier molecular flexibility index (Phi) is 2.96. The second-order valence-electron chi connectivity index (χ2n) is 3.64. The predicted octanol–water partition coefficient (Wildman–Crippen LogP) is 0.412. The van der Waals surface area contributed by atoms with Crippen LogP contribution in [0.3, 0.4) is 0 Å². The summed E-state index contributed by atoms with van der Waals surface area (Å²) in [6, 6.07) is 5.66. The summed E-state index contributed by atoms with van der Waals surface area (Å²) >= 11 is 0. The number of amides is 1. The van der Waals surface area contributed by atoms with E-state index in [9.17, 15) is 4.79 Å². The quantitative estimate of drug-likeness (QED) is 0.776. The normalized spacial score (nSPS) is 14.4. The van der Waals surface area contributed by atoms with Gasteiger partial charge in [-0.2, -0.15) is 0 Å². The standard InChI is InChI=1S/C11H15N3O2/c1-14-9-3-2-8(13-5-4-12)6-10(9)16-7-11(14)15/h2-3,6,13H,4-5,7,12H2,1H3. The molecule has 0 aliphatic carbocycles. The van der Waals surface area contributed by atoms with E-state index in [1.54, 1.807) is 11.9 Å². The molecule has 1 aromatic rings. The Morgan fingerprint density at radius 3 is 3.12 bits per heavy atom. The van der Waals surface area contributed by atoms with Gasteiger partial charge in [-0.15, -0.1) is 0 Å². The highest BCUT2D eigenvalue weighted by molar-refractivity contribution is 5.97. The number of nitrogens with zero attached hydrogens (tertiary/aromatic N) is 1. The van der Waals surface area contributed by atoms with Gasteiger partial charge < -0.3 is 20.7 Å². The van der Waals surface area contributed by atoms with Crippen LogP contribution in [0, 0.1) is 0 Å². The van der Waals surface area contributed by atoms with E-state index in [1.165, 1.54) is 0 Å². The van der Waals surface area contributed by atoms with E-state index in [0.29, 0.717) is 13.1 Å². The van der Waals surface area contributed by atoms with Crippen LogP contribution < -0.4 is 20.7 Å². The van der Waals surface area contributed by atoms with E-state index in [-0.39, 0.29) is 12.5 Å². The number of fused-ring (bicyclic) bond motifs is 1. The van der Waals surface area contributed by atoms with Crippen molar-refractivity contribution in [3.8, 4) is 5.75 Å². The van der Waals surface area contributed by atoms with Gasteiger partial charge in [-0.1, -0.05) is 0 Å². The number of benzene rings is 1. The molecule has 1 aliphatic rings. The van der Waals surface area contributed by atoms with E-state index in [0.717, 1.165) is 17.1 Å². The highest BCUT2D eigenvalue weighted by Gasteiger charge is 2.21. The molecule has 1 aliphatic heterocycles. The van der Waals surface area contributed by atoms with Crippen LogP contribution in [0.5, 0.6) is 5.75 Å². The smallest absolute Gasteiger partial charge is 0.264 e. The van der Waals surface area contributed by atoms with E-state index in [1.807, 2.05) is 18.2 Å². The number of ether oxygens (including phenoxy) is 1. The second kappa shape index (κ2) is 4.40. The first-order valence-electron chi connectivity index (χ1n) is 5.19. The van der Waals surface area contributed by atoms with Gasteiger partial charge in [0.2, 0.25) is 0 Å². The molecule has 1 amide bonds. The van der Waals surface area contributed by atoms with Gasteiger partial charge >= 0.3 is 0 Å². The van der Waals surface area contributed by atoms with E-state index < -0.39 is 0 Å². The molecule has 0 fully saturated rings. The lowest BCUT2D eigenvalue weighted by molar-refractivity contribution is -0.120. The van der Waals surface area contributed by atoms with Crippen molar-refractivity contribution in [2.75, 3.05) is 37.0 Å². The Morgan fingerprint density at radius 2 is 2.38 bits per heavy atom. The summed E-state index contributed by atoms with van der Waals surface area (Å²) in [5.41, 5.74) is 7.16. The zero-order valence-corrected chi connectivity index (χ0v) is 9.19. The van der Waals surface area contributed by atoms with Crippen molar-refractivity contribution in [3.63, 3.8) is 0 Å². The second-order valence-corrected chi connectivity index (χ2v) is 3.64. The number of hydrogen-bond acceptors (Lipinski definition) is 4. The van der Waals surface area contributed by atoms with E-state index in [2.05, 4.69) is 5.32 Å². The summed E-state index contributed by atoms with van der Waals surface area (Å²) in [5, 5.41) is 3.16. The third kappa shape index (κ3) is 1.94. The molecule has 0 spiro atoms. The molecule has 5 nitrogen and oxygen atoms in total. The minimum Gasteiger partial charge on any atom is -0.481 e. The molecule has 2 rings (SSSR count). The van der Waals surface area contributed by atoms with Gasteiger partial charge in [0.1, 0.15) is 5.75 Å². The lowest BCUT2D eigenvalue weighted by Gasteiger charge is -2.26. The Bertz CT molecular complexity index is 406. The van der Waals surface area contributed by atoms with Crippen molar-refractivity contribution in [2.24, 2.45) is 5.73 Å². The average Bonchev–Trinajstić information content (AvgIpc) is 2.31. The maximum absolute atomic E-state index is 11.4. The molecule has 0 saturated heterocycles. The van der Waals surface area contributed by atoms with Crippen molar-refractivity contribution in [2.45, 2.75) is 0 Å². The molecule has 0 atom stereocenters. The number of rotatable bonds is 3. The summed E-state index contributed by atoms with van der Waals surface area (Å²) in [4.78, 5) is 13.0. The Labute approximate surface area is 94.2 Å². The first kappa shape index (κ1) is 10.8. The molecule has 86 valence electrons. The monoisotopic (exact) mass is 221 g/mol. The number of nitrogens with two attached hydrogens (primary N) is 1. The van der Waals surface area contributed by atoms with Crippen LogP contribution in [-0.4, -0.2) is 32.7 Å². The zero-order valence-electron chi connectivity index (χ0n) is 9.19.